The molecule has 0 aromatic rings. The molecule has 0 radical (unpaired) electrons. The van der Waals surface area contributed by atoms with Gasteiger partial charge in [-0.15, -0.1) is 0 Å². The Bertz CT molecular complexity index is 195. The van der Waals surface area contributed by atoms with E-state index < -0.39 is 11.4 Å². The zero-order valence-electron chi connectivity index (χ0n) is 9.22. The van der Waals surface area contributed by atoms with Crippen LogP contribution in [0.1, 0.15) is 41.0 Å². The van der Waals surface area contributed by atoms with Crippen LogP contribution in [-0.4, -0.2) is 17.1 Å². The van der Waals surface area contributed by atoms with Gasteiger partial charge in [0.15, 0.2) is 0 Å². The van der Waals surface area contributed by atoms with Gasteiger partial charge in [0.05, 0.1) is 5.41 Å². The molecule has 1 atom stereocenters. The molecule has 0 rings (SSSR count). The lowest BCUT2D eigenvalue weighted by Crippen LogP contribution is -2.40. The van der Waals surface area contributed by atoms with Gasteiger partial charge in [-0.3, -0.25) is 4.79 Å². The van der Waals surface area contributed by atoms with Crippen molar-refractivity contribution in [2.75, 3.05) is 0 Å². The molecular formula is C10H21NO2. The van der Waals surface area contributed by atoms with Gasteiger partial charge in [-0.05, 0) is 32.6 Å². The third-order valence-corrected chi connectivity index (χ3v) is 2.71. The number of hydrogen-bond acceptors (Lipinski definition) is 2. The van der Waals surface area contributed by atoms with Gasteiger partial charge >= 0.3 is 5.97 Å². The SMILES string of the molecule is CC(N)C(C)(C)CC(C)(C)C(=O)O. The zero-order valence-corrected chi connectivity index (χ0v) is 9.22. The normalized spacial score (nSPS) is 15.5. The number of hydrogen-bond donors (Lipinski definition) is 2. The van der Waals surface area contributed by atoms with Crippen molar-refractivity contribution >= 4 is 5.97 Å². The Kier molecular flexibility index (Phi) is 3.50. The highest BCUT2D eigenvalue weighted by atomic mass is 16.4. The van der Waals surface area contributed by atoms with E-state index in [0.29, 0.717) is 6.42 Å². The van der Waals surface area contributed by atoms with Crippen molar-refractivity contribution in [1.29, 1.82) is 0 Å². The quantitative estimate of drug-likeness (QED) is 0.706. The fourth-order valence-electron chi connectivity index (χ4n) is 1.38. The van der Waals surface area contributed by atoms with E-state index in [1.165, 1.54) is 0 Å². The van der Waals surface area contributed by atoms with Crippen molar-refractivity contribution in [2.24, 2.45) is 16.6 Å². The molecule has 0 heterocycles. The highest BCUT2D eigenvalue weighted by molar-refractivity contribution is 5.73. The van der Waals surface area contributed by atoms with Crippen LogP contribution in [0.4, 0.5) is 0 Å². The summed E-state index contributed by atoms with van der Waals surface area (Å²) in [5, 5.41) is 8.95. The monoisotopic (exact) mass is 187 g/mol. The molecule has 0 aromatic heterocycles. The lowest BCUT2D eigenvalue weighted by atomic mass is 9.72. The van der Waals surface area contributed by atoms with Gasteiger partial charge in [0.2, 0.25) is 0 Å². The molecule has 3 N–H and O–H groups in total. The first-order valence-electron chi connectivity index (χ1n) is 4.58. The summed E-state index contributed by atoms with van der Waals surface area (Å²) in [6.07, 6.45) is 0.590. The largest absolute Gasteiger partial charge is 0.481 e. The maximum absolute atomic E-state index is 10.9. The van der Waals surface area contributed by atoms with Crippen LogP contribution >= 0.6 is 0 Å². The molecule has 0 aliphatic carbocycles. The van der Waals surface area contributed by atoms with Gasteiger partial charge in [0.25, 0.3) is 0 Å². The zero-order chi connectivity index (χ0) is 10.9. The summed E-state index contributed by atoms with van der Waals surface area (Å²) in [5.74, 6) is -0.763. The maximum Gasteiger partial charge on any atom is 0.309 e. The Hall–Kier alpha value is -0.570. The molecule has 0 spiro atoms. The minimum atomic E-state index is -0.763. The van der Waals surface area contributed by atoms with Crippen LogP contribution in [0.15, 0.2) is 0 Å². The molecule has 3 heteroatoms. The first-order valence-corrected chi connectivity index (χ1v) is 4.58. The number of carbonyl (C=O) groups is 1. The Morgan fingerprint density at radius 1 is 1.38 bits per heavy atom. The van der Waals surface area contributed by atoms with Crippen LogP contribution < -0.4 is 5.73 Å². The molecule has 0 aliphatic heterocycles. The van der Waals surface area contributed by atoms with Crippen LogP contribution in [0.25, 0.3) is 0 Å². The summed E-state index contributed by atoms with van der Waals surface area (Å²) in [6, 6.07) is 0.00567. The number of nitrogens with two attached hydrogens (primary N) is 1. The first kappa shape index (κ1) is 12.4. The van der Waals surface area contributed by atoms with Crippen LogP contribution in [0.3, 0.4) is 0 Å². The predicted molar refractivity (Wildman–Crippen MR) is 53.5 cm³/mol. The molecule has 0 aromatic carbocycles. The number of rotatable bonds is 4. The van der Waals surface area contributed by atoms with Gasteiger partial charge in [0, 0.05) is 6.04 Å². The molecule has 3 nitrogen and oxygen atoms in total. The van der Waals surface area contributed by atoms with Gasteiger partial charge < -0.3 is 10.8 Å². The van der Waals surface area contributed by atoms with Crippen molar-refractivity contribution in [3.8, 4) is 0 Å². The van der Waals surface area contributed by atoms with Gasteiger partial charge in [-0.25, -0.2) is 0 Å². The smallest absolute Gasteiger partial charge is 0.309 e. The van der Waals surface area contributed by atoms with Crippen LogP contribution in [-0.2, 0) is 4.79 Å². The third kappa shape index (κ3) is 3.35. The summed E-state index contributed by atoms with van der Waals surface area (Å²) < 4.78 is 0. The van der Waals surface area contributed by atoms with E-state index in [-0.39, 0.29) is 11.5 Å². The topological polar surface area (TPSA) is 63.3 Å². The number of carboxylic acid groups (broad SMARTS) is 1. The molecular weight excluding hydrogens is 166 g/mol. The molecule has 0 amide bonds. The molecule has 0 bridgehead atoms. The van der Waals surface area contributed by atoms with Crippen molar-refractivity contribution in [1.82, 2.24) is 0 Å². The van der Waals surface area contributed by atoms with E-state index in [1.807, 2.05) is 20.8 Å². The van der Waals surface area contributed by atoms with Crippen LogP contribution in [0.5, 0.6) is 0 Å². The Balaban J connectivity index is 4.52. The second kappa shape index (κ2) is 3.66. The second-order valence-electron chi connectivity index (χ2n) is 5.14. The molecule has 13 heavy (non-hydrogen) atoms. The van der Waals surface area contributed by atoms with E-state index in [9.17, 15) is 4.79 Å². The first-order chi connectivity index (χ1) is 5.59. The molecule has 0 saturated carbocycles. The van der Waals surface area contributed by atoms with Crippen LogP contribution in [0.2, 0.25) is 0 Å². The molecule has 0 saturated heterocycles. The highest BCUT2D eigenvalue weighted by Gasteiger charge is 2.36. The predicted octanol–water partition coefficient (Wildman–Crippen LogP) is 1.86. The second-order valence-corrected chi connectivity index (χ2v) is 5.14. The van der Waals surface area contributed by atoms with Gasteiger partial charge in [0.1, 0.15) is 0 Å². The minimum absolute atomic E-state index is 0.00567. The van der Waals surface area contributed by atoms with E-state index >= 15 is 0 Å². The molecule has 0 aliphatic rings. The minimum Gasteiger partial charge on any atom is -0.481 e. The summed E-state index contributed by atoms with van der Waals surface area (Å²) in [6.45, 7) is 9.39. The van der Waals surface area contributed by atoms with Gasteiger partial charge in [-0.1, -0.05) is 13.8 Å². The lowest BCUT2D eigenvalue weighted by molar-refractivity contribution is -0.148. The summed E-state index contributed by atoms with van der Waals surface area (Å²) in [7, 11) is 0. The third-order valence-electron chi connectivity index (χ3n) is 2.71. The van der Waals surface area contributed by atoms with E-state index in [1.54, 1.807) is 13.8 Å². The maximum atomic E-state index is 10.9. The number of aliphatic carboxylic acids is 1. The summed E-state index contributed by atoms with van der Waals surface area (Å²) in [5.41, 5.74) is 4.95. The average molecular weight is 187 g/mol. The van der Waals surface area contributed by atoms with E-state index in [4.69, 9.17) is 10.8 Å². The molecule has 1 unspecified atom stereocenters. The van der Waals surface area contributed by atoms with Crippen molar-refractivity contribution < 1.29 is 9.90 Å². The highest BCUT2D eigenvalue weighted by Crippen LogP contribution is 2.35. The fraction of sp³-hybridized carbons (Fsp3) is 0.900. The Morgan fingerprint density at radius 2 is 1.77 bits per heavy atom. The standard InChI is InChI=1S/C10H21NO2/c1-7(11)9(2,3)6-10(4,5)8(12)13/h7H,6,11H2,1-5H3,(H,12,13). The van der Waals surface area contributed by atoms with E-state index in [0.717, 1.165) is 0 Å². The van der Waals surface area contributed by atoms with E-state index in [2.05, 4.69) is 0 Å². The molecule has 0 fully saturated rings. The lowest BCUT2D eigenvalue weighted by Gasteiger charge is -2.35. The van der Waals surface area contributed by atoms with Crippen molar-refractivity contribution in [3.63, 3.8) is 0 Å². The van der Waals surface area contributed by atoms with Crippen LogP contribution in [0, 0.1) is 10.8 Å². The number of carboxylic acids is 1. The van der Waals surface area contributed by atoms with Crippen molar-refractivity contribution in [2.45, 2.75) is 47.1 Å². The average Bonchev–Trinajstić information content (AvgIpc) is 1.83. The Labute approximate surface area is 80.3 Å². The summed E-state index contributed by atoms with van der Waals surface area (Å²) in [4.78, 5) is 10.9. The van der Waals surface area contributed by atoms with Gasteiger partial charge in [-0.2, -0.15) is 0 Å². The van der Waals surface area contributed by atoms with Crippen molar-refractivity contribution in [3.05, 3.63) is 0 Å². The molecule has 78 valence electrons. The Morgan fingerprint density at radius 3 is 2.00 bits per heavy atom. The summed E-state index contributed by atoms with van der Waals surface area (Å²) >= 11 is 0. The fourth-order valence-corrected chi connectivity index (χ4v) is 1.38.